The van der Waals surface area contributed by atoms with Gasteiger partial charge in [-0.05, 0) is 57.1 Å². The molecule has 0 aromatic rings. The number of carbonyl (C=O) groups excluding carboxylic acids is 1. The smallest absolute Gasteiger partial charge is 0.165 e. The molecule has 3 atom stereocenters. The van der Waals surface area contributed by atoms with Crippen molar-refractivity contribution in [1.29, 1.82) is 0 Å². The summed E-state index contributed by atoms with van der Waals surface area (Å²) in [6.07, 6.45) is 20.6. The second kappa shape index (κ2) is 16.1. The average Bonchev–Trinajstić information content (AvgIpc) is 3.14. The molecule has 244 valence electrons. The molecule has 45 heavy (non-hydrogen) atoms. The van der Waals surface area contributed by atoms with Gasteiger partial charge in [0.15, 0.2) is 5.78 Å². The minimum atomic E-state index is -0.721. The van der Waals surface area contributed by atoms with Crippen molar-refractivity contribution in [2.75, 3.05) is 6.61 Å². The lowest BCUT2D eigenvalue weighted by molar-refractivity contribution is -0.127. The number of carbonyl (C=O) groups is 1. The van der Waals surface area contributed by atoms with Crippen molar-refractivity contribution in [2.45, 2.75) is 93.3 Å². The Balaban J connectivity index is 1.98. The van der Waals surface area contributed by atoms with E-state index >= 15 is 0 Å². The van der Waals surface area contributed by atoms with Crippen molar-refractivity contribution in [3.8, 4) is 11.8 Å². The van der Waals surface area contributed by atoms with Gasteiger partial charge < -0.3 is 25.5 Å². The number of rotatable bonds is 10. The molecule has 0 bridgehead atoms. The van der Waals surface area contributed by atoms with Gasteiger partial charge in [0.05, 0.1) is 18.8 Å². The van der Waals surface area contributed by atoms with Gasteiger partial charge in [-0.2, -0.15) is 0 Å². The molecule has 6 nitrogen and oxygen atoms in total. The summed E-state index contributed by atoms with van der Waals surface area (Å²) in [5.74, 6) is 5.82. The van der Waals surface area contributed by atoms with Crippen molar-refractivity contribution < 1.29 is 30.3 Å². The standard InChI is InChI=1S/C39H52O6/c1-27(15-11-17-29(3)34(43)22-36(45)39(8)25-32(42)24-38(39,6)7)13-9-10-14-28(2)16-12-18-30(26-40)19-20-33-35(44)21-31(41)23-37(33,4)5/h9-18,22,31-32,40-44H,21,23-26H2,1-8H3/b10-9+,15-11+,16-12+,27-13+,28-14+,29-17+,30-18-,34-22-/t31-,32+,39+/m1/s1. The van der Waals surface area contributed by atoms with Gasteiger partial charge in [0.1, 0.15) is 11.5 Å². The van der Waals surface area contributed by atoms with Crippen LogP contribution in [0.25, 0.3) is 0 Å². The fraction of sp³-hybridized carbons (Fsp3) is 0.462. The molecule has 1 fully saturated rings. The summed E-state index contributed by atoms with van der Waals surface area (Å²) >= 11 is 0. The maximum Gasteiger partial charge on any atom is 0.165 e. The first-order chi connectivity index (χ1) is 20.9. The highest BCUT2D eigenvalue weighted by Gasteiger charge is 2.53. The van der Waals surface area contributed by atoms with Crippen LogP contribution in [0.3, 0.4) is 0 Å². The number of aliphatic hydroxyl groups excluding tert-OH is 5. The first-order valence-electron chi connectivity index (χ1n) is 15.5. The Morgan fingerprint density at radius 1 is 0.844 bits per heavy atom. The fourth-order valence-electron chi connectivity index (χ4n) is 5.73. The zero-order valence-electron chi connectivity index (χ0n) is 28.2. The molecule has 6 heteroatoms. The van der Waals surface area contributed by atoms with E-state index in [-0.39, 0.29) is 35.7 Å². The van der Waals surface area contributed by atoms with Gasteiger partial charge in [-0.3, -0.25) is 4.79 Å². The molecule has 1 saturated carbocycles. The normalized spacial score (nSPS) is 26.7. The number of hydrogen-bond donors (Lipinski definition) is 5. The predicted molar refractivity (Wildman–Crippen MR) is 183 cm³/mol. The third-order valence-electron chi connectivity index (χ3n) is 8.95. The Kier molecular flexibility index (Phi) is 13.4. The van der Waals surface area contributed by atoms with Crippen LogP contribution in [0.1, 0.15) is 81.1 Å². The van der Waals surface area contributed by atoms with Gasteiger partial charge in [-0.1, -0.05) is 112 Å². The van der Waals surface area contributed by atoms with E-state index in [0.29, 0.717) is 36.0 Å². The first-order valence-corrected chi connectivity index (χ1v) is 15.5. The lowest BCUT2D eigenvalue weighted by atomic mass is 9.66. The van der Waals surface area contributed by atoms with E-state index in [9.17, 15) is 30.3 Å². The third-order valence-corrected chi connectivity index (χ3v) is 8.95. The number of aliphatic hydroxyl groups is 5. The molecule has 0 radical (unpaired) electrons. The van der Waals surface area contributed by atoms with E-state index in [1.807, 2.05) is 97.1 Å². The minimum absolute atomic E-state index is 0.0724. The quantitative estimate of drug-likeness (QED) is 0.0746. The SMILES string of the molecule is CC(/C=C/C=C(/C#CC1=C(O)C[C@@H](O)CC1(C)C)CO)=C\C=C\C=C(C)\C=C\C=C(C)\C(O)=C\C(=O)[C@]1(C)C[C@@H](O)CC1(C)C. The Labute approximate surface area is 270 Å². The van der Waals surface area contributed by atoms with Crippen molar-refractivity contribution in [3.63, 3.8) is 0 Å². The average molecular weight is 617 g/mol. The Hall–Kier alpha value is -3.63. The van der Waals surface area contributed by atoms with Crippen molar-refractivity contribution in [3.05, 3.63) is 106 Å². The van der Waals surface area contributed by atoms with Gasteiger partial charge in [-0.25, -0.2) is 0 Å². The van der Waals surface area contributed by atoms with E-state index in [1.165, 1.54) is 6.08 Å². The number of hydrogen-bond acceptors (Lipinski definition) is 6. The van der Waals surface area contributed by atoms with Crippen LogP contribution in [0, 0.1) is 28.1 Å². The van der Waals surface area contributed by atoms with E-state index < -0.39 is 23.0 Å². The third kappa shape index (κ3) is 10.7. The highest BCUT2D eigenvalue weighted by atomic mass is 16.3. The first kappa shape index (κ1) is 37.6. The topological polar surface area (TPSA) is 118 Å². The number of allylic oxidation sites excluding steroid dienone is 15. The highest BCUT2D eigenvalue weighted by molar-refractivity contribution is 5.96. The van der Waals surface area contributed by atoms with Crippen LogP contribution in [0.4, 0.5) is 0 Å². The van der Waals surface area contributed by atoms with Crippen LogP contribution in [-0.2, 0) is 4.79 Å². The van der Waals surface area contributed by atoms with Crippen molar-refractivity contribution in [1.82, 2.24) is 0 Å². The maximum absolute atomic E-state index is 13.0. The summed E-state index contributed by atoms with van der Waals surface area (Å²) < 4.78 is 0. The molecule has 2 rings (SSSR count). The molecule has 5 N–H and O–H groups in total. The van der Waals surface area contributed by atoms with Crippen LogP contribution >= 0.6 is 0 Å². The van der Waals surface area contributed by atoms with Crippen molar-refractivity contribution >= 4 is 5.78 Å². The molecular formula is C39H52O6. The summed E-state index contributed by atoms with van der Waals surface area (Å²) in [6.45, 7) is 15.2. The Morgan fingerprint density at radius 3 is 1.93 bits per heavy atom. The van der Waals surface area contributed by atoms with Crippen LogP contribution in [-0.4, -0.2) is 50.1 Å². The highest BCUT2D eigenvalue weighted by Crippen LogP contribution is 2.53. The molecule has 0 saturated heterocycles. The lowest BCUT2D eigenvalue weighted by Gasteiger charge is -2.35. The Bertz CT molecular complexity index is 1440. The maximum atomic E-state index is 13.0. The second-order valence-electron chi connectivity index (χ2n) is 13.8. The summed E-state index contributed by atoms with van der Waals surface area (Å²) in [5, 5.41) is 50.5. The molecular weight excluding hydrogens is 564 g/mol. The van der Waals surface area contributed by atoms with E-state index in [4.69, 9.17) is 0 Å². The van der Waals surface area contributed by atoms with Gasteiger partial charge in [-0.15, -0.1) is 0 Å². The molecule has 0 aliphatic heterocycles. The van der Waals surface area contributed by atoms with Crippen LogP contribution in [0.15, 0.2) is 106 Å². The van der Waals surface area contributed by atoms with Crippen LogP contribution < -0.4 is 0 Å². The monoisotopic (exact) mass is 616 g/mol. The summed E-state index contributed by atoms with van der Waals surface area (Å²) in [5.41, 5.74) is 2.18. The molecule has 0 heterocycles. The van der Waals surface area contributed by atoms with Gasteiger partial charge in [0, 0.05) is 34.5 Å². The van der Waals surface area contributed by atoms with Gasteiger partial charge in [0.25, 0.3) is 0 Å². The van der Waals surface area contributed by atoms with Gasteiger partial charge >= 0.3 is 0 Å². The summed E-state index contributed by atoms with van der Waals surface area (Å²) in [7, 11) is 0. The molecule has 2 aliphatic carbocycles. The van der Waals surface area contributed by atoms with E-state index in [1.54, 1.807) is 19.1 Å². The second-order valence-corrected chi connectivity index (χ2v) is 13.8. The van der Waals surface area contributed by atoms with E-state index in [0.717, 1.165) is 11.1 Å². The Morgan fingerprint density at radius 2 is 1.42 bits per heavy atom. The summed E-state index contributed by atoms with van der Waals surface area (Å²) in [6, 6.07) is 0. The van der Waals surface area contributed by atoms with E-state index in [2.05, 4.69) is 11.8 Å². The van der Waals surface area contributed by atoms with Gasteiger partial charge in [0.2, 0.25) is 0 Å². The largest absolute Gasteiger partial charge is 0.511 e. The number of ketones is 1. The lowest BCUT2D eigenvalue weighted by Crippen LogP contribution is -2.36. The molecule has 0 unspecified atom stereocenters. The molecule has 2 aliphatic rings. The fourth-order valence-corrected chi connectivity index (χ4v) is 5.73. The van der Waals surface area contributed by atoms with Crippen LogP contribution in [0.5, 0.6) is 0 Å². The minimum Gasteiger partial charge on any atom is -0.511 e. The molecule has 0 aromatic heterocycles. The molecule has 0 spiro atoms. The predicted octanol–water partition coefficient (Wildman–Crippen LogP) is 7.61. The van der Waals surface area contributed by atoms with Crippen molar-refractivity contribution in [2.24, 2.45) is 16.2 Å². The van der Waals surface area contributed by atoms with Crippen LogP contribution in [0.2, 0.25) is 0 Å². The molecule has 0 aromatic carbocycles. The molecule has 0 amide bonds. The zero-order chi connectivity index (χ0) is 34.0. The zero-order valence-corrected chi connectivity index (χ0v) is 28.2. The summed E-state index contributed by atoms with van der Waals surface area (Å²) in [4.78, 5) is 13.0.